The number of amides is 2. The van der Waals surface area contributed by atoms with Crippen molar-refractivity contribution in [3.05, 3.63) is 70.4 Å². The zero-order valence-electron chi connectivity index (χ0n) is 18.0. The van der Waals surface area contributed by atoms with E-state index in [1.54, 1.807) is 41.3 Å². The van der Waals surface area contributed by atoms with Gasteiger partial charge in [-0.3, -0.25) is 19.3 Å². The van der Waals surface area contributed by atoms with Crippen molar-refractivity contribution in [1.82, 2.24) is 9.88 Å². The van der Waals surface area contributed by atoms with Crippen molar-refractivity contribution >= 4 is 57.0 Å². The number of para-hydroxylation sites is 1. The summed E-state index contributed by atoms with van der Waals surface area (Å²) in [7, 11) is 0. The van der Waals surface area contributed by atoms with Crippen molar-refractivity contribution < 1.29 is 19.1 Å². The molecule has 1 saturated heterocycles. The number of allylic oxidation sites excluding steroid dienone is 1. The molecule has 2 amide bonds. The van der Waals surface area contributed by atoms with Crippen LogP contribution in [0.1, 0.15) is 27.9 Å². The summed E-state index contributed by atoms with van der Waals surface area (Å²) in [5.41, 5.74) is 3.05. The average molecular weight is 460 g/mol. The fourth-order valence-electron chi connectivity index (χ4n) is 4.00. The molecule has 2 aliphatic rings. The van der Waals surface area contributed by atoms with Crippen LogP contribution in [0.3, 0.4) is 0 Å². The third-order valence-corrected chi connectivity index (χ3v) is 6.59. The lowest BCUT2D eigenvalue weighted by atomic mass is 10.1. The highest BCUT2D eigenvalue weighted by Crippen LogP contribution is 2.36. The van der Waals surface area contributed by atoms with Gasteiger partial charge in [-0.1, -0.05) is 18.2 Å². The van der Waals surface area contributed by atoms with Crippen LogP contribution in [0.5, 0.6) is 0 Å². The Hall–Kier alpha value is -3.62. The van der Waals surface area contributed by atoms with Gasteiger partial charge in [0.05, 0.1) is 34.8 Å². The van der Waals surface area contributed by atoms with Crippen molar-refractivity contribution in [2.24, 2.45) is 0 Å². The molecule has 0 unspecified atom stereocenters. The molecule has 7 nitrogen and oxygen atoms in total. The van der Waals surface area contributed by atoms with E-state index in [-0.39, 0.29) is 17.6 Å². The third kappa shape index (κ3) is 4.10. The van der Waals surface area contributed by atoms with Gasteiger partial charge in [-0.15, -0.1) is 11.3 Å². The number of ketones is 1. The summed E-state index contributed by atoms with van der Waals surface area (Å²) in [5.74, 6) is -0.450. The van der Waals surface area contributed by atoms with Crippen molar-refractivity contribution in [2.45, 2.75) is 6.92 Å². The molecule has 0 radical (unpaired) electrons. The number of aromatic nitrogens is 1. The lowest BCUT2D eigenvalue weighted by Crippen LogP contribution is -2.39. The van der Waals surface area contributed by atoms with E-state index in [0.29, 0.717) is 48.3 Å². The maximum Gasteiger partial charge on any atom is 0.246 e. The topological polar surface area (TPSA) is 79.8 Å². The van der Waals surface area contributed by atoms with E-state index in [2.05, 4.69) is 4.98 Å². The van der Waals surface area contributed by atoms with Gasteiger partial charge in [-0.25, -0.2) is 4.98 Å². The van der Waals surface area contributed by atoms with E-state index in [1.807, 2.05) is 24.3 Å². The van der Waals surface area contributed by atoms with Crippen LogP contribution in [0.25, 0.3) is 22.4 Å². The number of carbonyl (C=O) groups excluding carboxylic acids is 3. The zero-order chi connectivity index (χ0) is 22.9. The van der Waals surface area contributed by atoms with Crippen LogP contribution in [-0.4, -0.2) is 53.8 Å². The summed E-state index contributed by atoms with van der Waals surface area (Å²) in [6, 6.07) is 12.9. The predicted molar refractivity (Wildman–Crippen MR) is 128 cm³/mol. The summed E-state index contributed by atoms with van der Waals surface area (Å²) in [4.78, 5) is 45.4. The largest absolute Gasteiger partial charge is 0.378 e. The summed E-state index contributed by atoms with van der Waals surface area (Å²) >= 11 is 1.44. The first-order chi connectivity index (χ1) is 16.0. The Bertz CT molecular complexity index is 1330. The number of hydrogen-bond donors (Lipinski definition) is 0. The summed E-state index contributed by atoms with van der Waals surface area (Å²) < 4.78 is 6.24. The van der Waals surface area contributed by atoms with Crippen molar-refractivity contribution in [3.8, 4) is 0 Å². The van der Waals surface area contributed by atoms with Gasteiger partial charge in [-0.2, -0.15) is 0 Å². The molecular weight excluding hydrogens is 438 g/mol. The number of nitrogens with zero attached hydrogens (tertiary/aromatic N) is 3. The smallest absolute Gasteiger partial charge is 0.246 e. The Labute approximate surface area is 194 Å². The second-order valence-electron chi connectivity index (χ2n) is 7.78. The fraction of sp³-hybridized carbons (Fsp3) is 0.200. The Morgan fingerprint density at radius 2 is 1.91 bits per heavy atom. The van der Waals surface area contributed by atoms with E-state index >= 15 is 0 Å². The number of anilines is 1. The van der Waals surface area contributed by atoms with Gasteiger partial charge in [0, 0.05) is 37.7 Å². The van der Waals surface area contributed by atoms with Gasteiger partial charge in [0.15, 0.2) is 0 Å². The number of carbonyl (C=O) groups is 3. The first-order valence-corrected chi connectivity index (χ1v) is 11.4. The third-order valence-electron chi connectivity index (χ3n) is 5.61. The number of rotatable bonds is 3. The average Bonchev–Trinajstić information content (AvgIpc) is 3.36. The standard InChI is InChI=1S/C25H21N3O4S/c1-16(29)28-20-5-3-2-4-18(20)25(31)21(28)15-23-26-19-14-17(6-8-22(19)33-23)7-9-24(30)27-10-12-32-13-11-27/h2-9,14-15H,10-13H2,1H3/b9-7+,21-15+. The van der Waals surface area contributed by atoms with E-state index in [0.717, 1.165) is 15.8 Å². The molecule has 2 aliphatic heterocycles. The van der Waals surface area contributed by atoms with Crippen LogP contribution in [-0.2, 0) is 14.3 Å². The molecule has 0 spiro atoms. The predicted octanol–water partition coefficient (Wildman–Crippen LogP) is 3.76. The van der Waals surface area contributed by atoms with Crippen molar-refractivity contribution in [2.75, 3.05) is 31.2 Å². The van der Waals surface area contributed by atoms with Crippen LogP contribution in [0.15, 0.2) is 54.2 Å². The highest BCUT2D eigenvalue weighted by molar-refractivity contribution is 7.19. The number of ether oxygens (including phenoxy) is 1. The van der Waals surface area contributed by atoms with Crippen molar-refractivity contribution in [3.63, 3.8) is 0 Å². The minimum Gasteiger partial charge on any atom is -0.378 e. The summed E-state index contributed by atoms with van der Waals surface area (Å²) in [6.45, 7) is 3.78. The molecular formula is C25H21N3O4S. The number of hydrogen-bond acceptors (Lipinski definition) is 6. The molecule has 166 valence electrons. The highest BCUT2D eigenvalue weighted by Gasteiger charge is 2.34. The lowest BCUT2D eigenvalue weighted by molar-refractivity contribution is -0.129. The van der Waals surface area contributed by atoms with Crippen LogP contribution in [0.2, 0.25) is 0 Å². The van der Waals surface area contributed by atoms with Crippen LogP contribution < -0.4 is 4.90 Å². The maximum atomic E-state index is 12.9. The maximum absolute atomic E-state index is 12.9. The Morgan fingerprint density at radius 1 is 1.12 bits per heavy atom. The fourth-order valence-corrected chi connectivity index (χ4v) is 4.89. The second-order valence-corrected chi connectivity index (χ2v) is 8.84. The van der Waals surface area contributed by atoms with E-state index in [4.69, 9.17) is 4.74 Å². The van der Waals surface area contributed by atoms with E-state index < -0.39 is 0 Å². The van der Waals surface area contributed by atoms with Crippen LogP contribution in [0.4, 0.5) is 5.69 Å². The number of fused-ring (bicyclic) bond motifs is 2. The SMILES string of the molecule is CC(=O)N1/C(=C/c2nc3cc(/C=C/C(=O)N4CCOCC4)ccc3s2)C(=O)c2ccccc21. The Morgan fingerprint density at radius 3 is 2.70 bits per heavy atom. The molecule has 5 rings (SSSR count). The molecule has 3 aromatic rings. The molecule has 3 heterocycles. The van der Waals surface area contributed by atoms with Crippen LogP contribution in [0, 0.1) is 0 Å². The summed E-state index contributed by atoms with van der Waals surface area (Å²) in [6.07, 6.45) is 5.02. The van der Waals surface area contributed by atoms with Crippen molar-refractivity contribution in [1.29, 1.82) is 0 Å². The molecule has 2 aromatic carbocycles. The quantitative estimate of drug-likeness (QED) is 0.557. The molecule has 8 heteroatoms. The molecule has 1 aromatic heterocycles. The Kier molecular flexibility index (Phi) is 5.62. The molecule has 0 N–H and O–H groups in total. The minimum absolute atomic E-state index is 0.0364. The molecule has 0 atom stereocenters. The molecule has 0 bridgehead atoms. The van der Waals surface area contributed by atoms with E-state index in [9.17, 15) is 14.4 Å². The second kappa shape index (κ2) is 8.73. The van der Waals surface area contributed by atoms with Gasteiger partial charge < -0.3 is 9.64 Å². The Balaban J connectivity index is 1.42. The van der Waals surface area contributed by atoms with Gasteiger partial charge in [0.2, 0.25) is 17.6 Å². The monoisotopic (exact) mass is 459 g/mol. The number of thiazole rings is 1. The van der Waals surface area contributed by atoms with Gasteiger partial charge in [0.25, 0.3) is 0 Å². The van der Waals surface area contributed by atoms with Gasteiger partial charge in [-0.05, 0) is 35.9 Å². The van der Waals surface area contributed by atoms with E-state index in [1.165, 1.54) is 23.2 Å². The zero-order valence-corrected chi connectivity index (χ0v) is 18.8. The first-order valence-electron chi connectivity index (χ1n) is 10.6. The first kappa shape index (κ1) is 21.2. The number of Topliss-reactive ketones (excluding diaryl/α,β-unsaturated/α-hetero) is 1. The van der Waals surface area contributed by atoms with Crippen LogP contribution >= 0.6 is 11.3 Å². The minimum atomic E-state index is -0.224. The molecule has 1 fully saturated rings. The normalized spacial score (nSPS) is 17.4. The highest BCUT2D eigenvalue weighted by atomic mass is 32.1. The van der Waals surface area contributed by atoms with Gasteiger partial charge in [0.1, 0.15) is 5.01 Å². The summed E-state index contributed by atoms with van der Waals surface area (Å²) in [5, 5.41) is 0.637. The molecule has 0 saturated carbocycles. The lowest BCUT2D eigenvalue weighted by Gasteiger charge is -2.25. The molecule has 33 heavy (non-hydrogen) atoms. The number of benzene rings is 2. The molecule has 0 aliphatic carbocycles. The van der Waals surface area contributed by atoms with Gasteiger partial charge >= 0.3 is 0 Å². The number of morpholine rings is 1.